The minimum atomic E-state index is -0.754. The summed E-state index contributed by atoms with van der Waals surface area (Å²) in [6.07, 6.45) is 0.533. The minimum Gasteiger partial charge on any atom is -0.350 e. The van der Waals surface area contributed by atoms with Crippen LogP contribution in [0.3, 0.4) is 0 Å². The van der Waals surface area contributed by atoms with E-state index in [1.54, 1.807) is 35.2 Å². The summed E-state index contributed by atoms with van der Waals surface area (Å²) in [5.74, 6) is -0.415. The molecule has 0 aliphatic rings. The molecule has 0 aliphatic carbocycles. The summed E-state index contributed by atoms with van der Waals surface area (Å²) in [6.45, 7) is 0.469. The fraction of sp³-hybridized carbons (Fsp3) is 0.161. The number of nitrogens with zero attached hydrogens (tertiary/aromatic N) is 1. The van der Waals surface area contributed by atoms with Crippen molar-refractivity contribution < 1.29 is 9.59 Å². The Bertz CT molecular complexity index is 1360. The SMILES string of the molecule is O=C(NCc1ccc(Cl)cc1Cl)[C@@H](Cc1ccccc1)N(Cc1ccc(Cl)cc1)C(=O)Cc1ccccc1. The third kappa shape index (κ3) is 7.84. The highest BCUT2D eigenvalue weighted by Gasteiger charge is 2.30. The molecule has 0 aliphatic heterocycles. The molecule has 4 aromatic carbocycles. The molecule has 194 valence electrons. The minimum absolute atomic E-state index is 0.147. The maximum Gasteiger partial charge on any atom is 0.243 e. The molecular weight excluding hydrogens is 539 g/mol. The number of carbonyl (C=O) groups excluding carboxylic acids is 2. The third-order valence-corrected chi connectivity index (χ3v) is 7.04. The van der Waals surface area contributed by atoms with Crippen LogP contribution in [0.4, 0.5) is 0 Å². The molecule has 0 spiro atoms. The first kappa shape index (κ1) is 27.7. The lowest BCUT2D eigenvalue weighted by atomic mass is 10.0. The maximum absolute atomic E-state index is 13.8. The van der Waals surface area contributed by atoms with Crippen LogP contribution < -0.4 is 5.32 Å². The highest BCUT2D eigenvalue weighted by atomic mass is 35.5. The number of benzene rings is 4. The zero-order valence-electron chi connectivity index (χ0n) is 20.6. The zero-order valence-corrected chi connectivity index (χ0v) is 22.9. The summed E-state index contributed by atoms with van der Waals surface area (Å²) >= 11 is 18.5. The second-order valence-corrected chi connectivity index (χ2v) is 10.2. The van der Waals surface area contributed by atoms with Crippen molar-refractivity contribution in [2.45, 2.75) is 32.0 Å². The van der Waals surface area contributed by atoms with Crippen molar-refractivity contribution in [1.29, 1.82) is 0 Å². The van der Waals surface area contributed by atoms with Gasteiger partial charge in [0, 0.05) is 34.6 Å². The quantitative estimate of drug-likeness (QED) is 0.222. The van der Waals surface area contributed by atoms with Gasteiger partial charge in [0.1, 0.15) is 6.04 Å². The molecule has 2 amide bonds. The van der Waals surface area contributed by atoms with Gasteiger partial charge in [-0.1, -0.05) is 114 Å². The van der Waals surface area contributed by atoms with E-state index >= 15 is 0 Å². The summed E-state index contributed by atoms with van der Waals surface area (Å²) in [6, 6.07) is 30.9. The number of nitrogens with one attached hydrogen (secondary N) is 1. The Morgan fingerprint density at radius 2 is 1.32 bits per heavy atom. The molecule has 7 heteroatoms. The van der Waals surface area contributed by atoms with Crippen LogP contribution in [0.1, 0.15) is 22.3 Å². The van der Waals surface area contributed by atoms with Gasteiger partial charge in [-0.25, -0.2) is 0 Å². The molecule has 1 atom stereocenters. The van der Waals surface area contributed by atoms with Gasteiger partial charge < -0.3 is 10.2 Å². The number of amides is 2. The Morgan fingerprint density at radius 1 is 0.711 bits per heavy atom. The average Bonchev–Trinajstić information content (AvgIpc) is 2.92. The van der Waals surface area contributed by atoms with Crippen molar-refractivity contribution in [3.05, 3.63) is 140 Å². The zero-order chi connectivity index (χ0) is 26.9. The number of halogens is 3. The largest absolute Gasteiger partial charge is 0.350 e. The van der Waals surface area contributed by atoms with Crippen molar-refractivity contribution in [1.82, 2.24) is 10.2 Å². The van der Waals surface area contributed by atoms with E-state index in [2.05, 4.69) is 5.32 Å². The van der Waals surface area contributed by atoms with Gasteiger partial charge in [-0.05, 0) is 46.5 Å². The van der Waals surface area contributed by atoms with Gasteiger partial charge in [0.25, 0.3) is 0 Å². The maximum atomic E-state index is 13.8. The number of carbonyl (C=O) groups is 2. The highest BCUT2D eigenvalue weighted by molar-refractivity contribution is 6.35. The van der Waals surface area contributed by atoms with E-state index in [0.717, 1.165) is 22.3 Å². The van der Waals surface area contributed by atoms with Crippen molar-refractivity contribution >= 4 is 46.6 Å². The monoisotopic (exact) mass is 564 g/mol. The molecule has 0 saturated carbocycles. The summed E-state index contributed by atoms with van der Waals surface area (Å²) in [7, 11) is 0. The van der Waals surface area contributed by atoms with E-state index in [1.807, 2.05) is 72.8 Å². The molecule has 0 unspecified atom stereocenters. The van der Waals surface area contributed by atoms with Crippen LogP contribution in [0.15, 0.2) is 103 Å². The van der Waals surface area contributed by atoms with Gasteiger partial charge in [-0.15, -0.1) is 0 Å². The van der Waals surface area contributed by atoms with Gasteiger partial charge in [0.2, 0.25) is 11.8 Å². The first-order chi connectivity index (χ1) is 18.4. The summed E-state index contributed by atoms with van der Waals surface area (Å²) in [5.41, 5.74) is 3.45. The fourth-order valence-electron chi connectivity index (χ4n) is 4.18. The topological polar surface area (TPSA) is 49.4 Å². The predicted octanol–water partition coefficient (Wildman–Crippen LogP) is 7.15. The number of hydrogen-bond acceptors (Lipinski definition) is 2. The van der Waals surface area contributed by atoms with Gasteiger partial charge in [-0.3, -0.25) is 9.59 Å². The normalized spacial score (nSPS) is 11.6. The lowest BCUT2D eigenvalue weighted by molar-refractivity contribution is -0.140. The molecule has 0 aromatic heterocycles. The molecule has 0 fully saturated rings. The van der Waals surface area contributed by atoms with Crippen LogP contribution in [-0.2, 0) is 35.5 Å². The van der Waals surface area contributed by atoms with E-state index < -0.39 is 6.04 Å². The van der Waals surface area contributed by atoms with Crippen LogP contribution in [0.25, 0.3) is 0 Å². The lowest BCUT2D eigenvalue weighted by Crippen LogP contribution is -2.50. The van der Waals surface area contributed by atoms with Crippen molar-refractivity contribution in [3.63, 3.8) is 0 Å². The van der Waals surface area contributed by atoms with Crippen molar-refractivity contribution in [2.24, 2.45) is 0 Å². The van der Waals surface area contributed by atoms with Gasteiger partial charge >= 0.3 is 0 Å². The first-order valence-electron chi connectivity index (χ1n) is 12.2. The predicted molar refractivity (Wildman–Crippen MR) is 154 cm³/mol. The summed E-state index contributed by atoms with van der Waals surface area (Å²) in [5, 5.41) is 4.59. The molecule has 0 radical (unpaired) electrons. The smallest absolute Gasteiger partial charge is 0.243 e. The lowest BCUT2D eigenvalue weighted by Gasteiger charge is -2.32. The van der Waals surface area contributed by atoms with Crippen LogP contribution in [0.5, 0.6) is 0 Å². The van der Waals surface area contributed by atoms with Crippen molar-refractivity contribution in [2.75, 3.05) is 0 Å². The van der Waals surface area contributed by atoms with Gasteiger partial charge in [0.05, 0.1) is 6.42 Å². The Balaban J connectivity index is 1.64. The van der Waals surface area contributed by atoms with E-state index in [4.69, 9.17) is 34.8 Å². The summed E-state index contributed by atoms with van der Waals surface area (Å²) in [4.78, 5) is 29.2. The van der Waals surface area contributed by atoms with E-state index in [9.17, 15) is 9.59 Å². The fourth-order valence-corrected chi connectivity index (χ4v) is 4.78. The van der Waals surface area contributed by atoms with E-state index in [1.165, 1.54) is 0 Å². The van der Waals surface area contributed by atoms with Crippen molar-refractivity contribution in [3.8, 4) is 0 Å². The Kier molecular flexibility index (Phi) is 9.83. The Hall–Kier alpha value is -3.31. The molecule has 0 bridgehead atoms. The third-order valence-electron chi connectivity index (χ3n) is 6.20. The second-order valence-electron chi connectivity index (χ2n) is 8.97. The molecule has 38 heavy (non-hydrogen) atoms. The molecule has 4 aromatic rings. The second kappa shape index (κ2) is 13.5. The van der Waals surface area contributed by atoms with Gasteiger partial charge in [-0.2, -0.15) is 0 Å². The van der Waals surface area contributed by atoms with Crippen LogP contribution in [-0.4, -0.2) is 22.8 Å². The van der Waals surface area contributed by atoms with Crippen LogP contribution in [0, 0.1) is 0 Å². The number of rotatable bonds is 10. The molecular formula is C31H27Cl3N2O2. The Labute approximate surface area is 238 Å². The van der Waals surface area contributed by atoms with Gasteiger partial charge in [0.15, 0.2) is 0 Å². The summed E-state index contributed by atoms with van der Waals surface area (Å²) < 4.78 is 0. The van der Waals surface area contributed by atoms with E-state index in [-0.39, 0.29) is 31.3 Å². The number of hydrogen-bond donors (Lipinski definition) is 1. The molecule has 1 N–H and O–H groups in total. The molecule has 0 saturated heterocycles. The van der Waals surface area contributed by atoms with E-state index in [0.29, 0.717) is 21.5 Å². The average molecular weight is 566 g/mol. The van der Waals surface area contributed by atoms with Crippen LogP contribution >= 0.6 is 34.8 Å². The highest BCUT2D eigenvalue weighted by Crippen LogP contribution is 2.22. The Morgan fingerprint density at radius 3 is 1.95 bits per heavy atom. The molecule has 0 heterocycles. The first-order valence-corrected chi connectivity index (χ1v) is 13.4. The molecule has 4 nitrogen and oxygen atoms in total. The molecule has 4 rings (SSSR count). The standard InChI is InChI=1S/C31H27Cl3N2O2/c32-26-14-11-24(12-15-26)21-36(30(37)18-23-9-5-2-6-10-23)29(17-22-7-3-1-4-8-22)31(38)35-20-25-13-16-27(33)19-28(25)34/h1-16,19,29H,17-18,20-21H2,(H,35,38)/t29-/m1/s1. The van der Waals surface area contributed by atoms with Crippen LogP contribution in [0.2, 0.25) is 15.1 Å².